The monoisotopic (exact) mass is 240 g/mol. The summed E-state index contributed by atoms with van der Waals surface area (Å²) in [6.45, 7) is 1.48. The van der Waals surface area contributed by atoms with Gasteiger partial charge in [-0.25, -0.2) is 13.1 Å². The Balaban J connectivity index is 1.84. The van der Waals surface area contributed by atoms with E-state index in [2.05, 4.69) is 10.0 Å². The van der Waals surface area contributed by atoms with Crippen LogP contribution in [-0.2, 0) is 16.4 Å². The predicted octanol–water partition coefficient (Wildman–Crippen LogP) is 0.120. The zero-order valence-electron chi connectivity index (χ0n) is 9.02. The normalized spacial score (nSPS) is 17.0. The Hall–Kier alpha value is -0.910. The van der Waals surface area contributed by atoms with Gasteiger partial charge in [0, 0.05) is 19.1 Å². The van der Waals surface area contributed by atoms with Crippen LogP contribution in [0.15, 0.2) is 30.3 Å². The highest BCUT2D eigenvalue weighted by Gasteiger charge is 2.22. The lowest BCUT2D eigenvalue weighted by Crippen LogP contribution is -2.57. The molecule has 88 valence electrons. The van der Waals surface area contributed by atoms with Crippen LogP contribution in [0.5, 0.6) is 0 Å². The molecule has 1 aliphatic rings. The van der Waals surface area contributed by atoms with Crippen molar-refractivity contribution >= 4 is 10.0 Å². The second-order valence-corrected chi connectivity index (χ2v) is 5.90. The molecule has 0 amide bonds. The second kappa shape index (κ2) is 4.95. The summed E-state index contributed by atoms with van der Waals surface area (Å²) >= 11 is 0. The predicted molar refractivity (Wildman–Crippen MR) is 63.7 cm³/mol. The summed E-state index contributed by atoms with van der Waals surface area (Å²) in [5.74, 6) is 0.160. The first kappa shape index (κ1) is 11.6. The first-order valence-electron chi connectivity index (χ1n) is 5.40. The quantitative estimate of drug-likeness (QED) is 0.768. The summed E-state index contributed by atoms with van der Waals surface area (Å²) in [7, 11) is -3.13. The van der Waals surface area contributed by atoms with Crippen LogP contribution in [0.2, 0.25) is 0 Å². The number of hydrogen-bond donors (Lipinski definition) is 2. The number of rotatable bonds is 5. The van der Waals surface area contributed by atoms with Gasteiger partial charge in [-0.2, -0.15) is 0 Å². The molecule has 1 heterocycles. The van der Waals surface area contributed by atoms with E-state index in [-0.39, 0.29) is 11.8 Å². The van der Waals surface area contributed by atoms with Crippen LogP contribution in [0.25, 0.3) is 0 Å². The minimum Gasteiger partial charge on any atom is -0.313 e. The molecule has 1 aliphatic heterocycles. The minimum absolute atomic E-state index is 0.0840. The highest BCUT2D eigenvalue weighted by atomic mass is 32.2. The molecule has 4 nitrogen and oxygen atoms in total. The standard InChI is InChI=1S/C11H16N2O2S/c14-16(15,13-11-8-12-9-11)7-6-10-4-2-1-3-5-10/h1-5,11-13H,6-9H2. The SMILES string of the molecule is O=S(=O)(CCc1ccccc1)NC1CNC1. The highest BCUT2D eigenvalue weighted by molar-refractivity contribution is 7.89. The van der Waals surface area contributed by atoms with Crippen molar-refractivity contribution in [2.24, 2.45) is 0 Å². The Morgan fingerprint density at radius 1 is 1.25 bits per heavy atom. The van der Waals surface area contributed by atoms with Gasteiger partial charge in [0.2, 0.25) is 10.0 Å². The maximum Gasteiger partial charge on any atom is 0.212 e. The molecular formula is C11H16N2O2S. The van der Waals surface area contributed by atoms with Gasteiger partial charge in [-0.15, -0.1) is 0 Å². The molecule has 2 rings (SSSR count). The van der Waals surface area contributed by atoms with Crippen LogP contribution < -0.4 is 10.0 Å². The maximum atomic E-state index is 11.7. The Labute approximate surface area is 96.1 Å². The van der Waals surface area contributed by atoms with E-state index in [1.54, 1.807) is 0 Å². The Morgan fingerprint density at radius 3 is 2.50 bits per heavy atom. The van der Waals surface area contributed by atoms with Gasteiger partial charge < -0.3 is 5.32 Å². The lowest BCUT2D eigenvalue weighted by atomic mass is 10.2. The lowest BCUT2D eigenvalue weighted by Gasteiger charge is -2.27. The van der Waals surface area contributed by atoms with Crippen LogP contribution in [0.3, 0.4) is 0 Å². The van der Waals surface area contributed by atoms with Crippen LogP contribution in [0, 0.1) is 0 Å². The molecule has 5 heteroatoms. The zero-order valence-corrected chi connectivity index (χ0v) is 9.83. The molecule has 16 heavy (non-hydrogen) atoms. The van der Waals surface area contributed by atoms with Crippen molar-refractivity contribution in [2.45, 2.75) is 12.5 Å². The van der Waals surface area contributed by atoms with Crippen molar-refractivity contribution in [3.63, 3.8) is 0 Å². The molecule has 2 N–H and O–H groups in total. The zero-order chi connectivity index (χ0) is 11.4. The van der Waals surface area contributed by atoms with E-state index in [9.17, 15) is 8.42 Å². The topological polar surface area (TPSA) is 58.2 Å². The first-order chi connectivity index (χ1) is 7.66. The molecule has 0 unspecified atom stereocenters. The summed E-state index contributed by atoms with van der Waals surface area (Å²) < 4.78 is 26.0. The molecule has 0 spiro atoms. The summed E-state index contributed by atoms with van der Waals surface area (Å²) in [5, 5.41) is 3.03. The van der Waals surface area contributed by atoms with E-state index < -0.39 is 10.0 Å². The van der Waals surface area contributed by atoms with E-state index in [0.717, 1.165) is 18.7 Å². The second-order valence-electron chi connectivity index (χ2n) is 4.03. The van der Waals surface area contributed by atoms with E-state index in [0.29, 0.717) is 6.42 Å². The van der Waals surface area contributed by atoms with Crippen LogP contribution in [-0.4, -0.2) is 33.3 Å². The summed E-state index contributed by atoms with van der Waals surface area (Å²) in [4.78, 5) is 0. The van der Waals surface area contributed by atoms with Gasteiger partial charge in [0.25, 0.3) is 0 Å². The van der Waals surface area contributed by atoms with Gasteiger partial charge in [-0.3, -0.25) is 0 Å². The number of aryl methyl sites for hydroxylation is 1. The van der Waals surface area contributed by atoms with Gasteiger partial charge in [0.15, 0.2) is 0 Å². The number of benzene rings is 1. The average Bonchev–Trinajstić information content (AvgIpc) is 2.23. The van der Waals surface area contributed by atoms with E-state index >= 15 is 0 Å². The van der Waals surface area contributed by atoms with Crippen molar-refractivity contribution < 1.29 is 8.42 Å². The number of nitrogens with one attached hydrogen (secondary N) is 2. The highest BCUT2D eigenvalue weighted by Crippen LogP contribution is 2.02. The van der Waals surface area contributed by atoms with Crippen molar-refractivity contribution in [1.29, 1.82) is 0 Å². The van der Waals surface area contributed by atoms with Crippen molar-refractivity contribution in [1.82, 2.24) is 10.0 Å². The fourth-order valence-electron chi connectivity index (χ4n) is 1.58. The van der Waals surface area contributed by atoms with Crippen molar-refractivity contribution in [3.8, 4) is 0 Å². The maximum absolute atomic E-state index is 11.7. The summed E-state index contributed by atoms with van der Waals surface area (Å²) in [6.07, 6.45) is 0.566. The molecule has 0 aromatic heterocycles. The molecule has 1 aromatic carbocycles. The van der Waals surface area contributed by atoms with Gasteiger partial charge >= 0.3 is 0 Å². The van der Waals surface area contributed by atoms with E-state index in [4.69, 9.17) is 0 Å². The average molecular weight is 240 g/mol. The fourth-order valence-corrected chi connectivity index (χ4v) is 2.88. The Kier molecular flexibility index (Phi) is 3.58. The molecule has 0 atom stereocenters. The van der Waals surface area contributed by atoms with Crippen molar-refractivity contribution in [3.05, 3.63) is 35.9 Å². The minimum atomic E-state index is -3.13. The van der Waals surface area contributed by atoms with Crippen LogP contribution in [0.4, 0.5) is 0 Å². The molecule has 1 saturated heterocycles. The molecule has 0 radical (unpaired) electrons. The summed E-state index contributed by atoms with van der Waals surface area (Å²) in [6, 6.07) is 9.74. The van der Waals surface area contributed by atoms with Gasteiger partial charge in [0.1, 0.15) is 0 Å². The third-order valence-electron chi connectivity index (χ3n) is 2.63. The van der Waals surface area contributed by atoms with Gasteiger partial charge in [0.05, 0.1) is 5.75 Å². The van der Waals surface area contributed by atoms with Crippen molar-refractivity contribution in [2.75, 3.05) is 18.8 Å². The van der Waals surface area contributed by atoms with Crippen LogP contribution >= 0.6 is 0 Å². The third-order valence-corrected chi connectivity index (χ3v) is 4.06. The lowest BCUT2D eigenvalue weighted by molar-refractivity contribution is 0.410. The van der Waals surface area contributed by atoms with Crippen LogP contribution in [0.1, 0.15) is 5.56 Å². The Bertz CT molecular complexity index is 427. The van der Waals surface area contributed by atoms with E-state index in [1.165, 1.54) is 0 Å². The number of hydrogen-bond acceptors (Lipinski definition) is 3. The first-order valence-corrected chi connectivity index (χ1v) is 7.05. The molecule has 1 aromatic rings. The molecular weight excluding hydrogens is 224 g/mol. The molecule has 0 aliphatic carbocycles. The molecule has 0 saturated carbocycles. The smallest absolute Gasteiger partial charge is 0.212 e. The fraction of sp³-hybridized carbons (Fsp3) is 0.455. The summed E-state index contributed by atoms with van der Waals surface area (Å²) in [5.41, 5.74) is 1.06. The van der Waals surface area contributed by atoms with Gasteiger partial charge in [-0.05, 0) is 12.0 Å². The number of sulfonamides is 1. The molecule has 1 fully saturated rings. The Morgan fingerprint density at radius 2 is 1.94 bits per heavy atom. The third kappa shape index (κ3) is 3.30. The van der Waals surface area contributed by atoms with E-state index in [1.807, 2.05) is 30.3 Å². The largest absolute Gasteiger partial charge is 0.313 e. The van der Waals surface area contributed by atoms with Gasteiger partial charge in [-0.1, -0.05) is 30.3 Å². The molecule has 0 bridgehead atoms.